The van der Waals surface area contributed by atoms with E-state index in [1.54, 1.807) is 0 Å². The minimum absolute atomic E-state index is 0.376. The molecule has 1 aromatic heterocycles. The number of alkyl carbamates (subject to hydrolysis) is 1. The number of quaternary nitrogens is 1. The molecule has 1 N–H and O–H groups in total. The molecule has 8 heteroatoms. The Labute approximate surface area is 219 Å². The van der Waals surface area contributed by atoms with Gasteiger partial charge in [0, 0.05) is 0 Å². The molecule has 1 amide bonds. The maximum Gasteiger partial charge on any atom is 0.408 e. The van der Waals surface area contributed by atoms with Crippen molar-refractivity contribution in [2.24, 2.45) is 0 Å². The van der Waals surface area contributed by atoms with Crippen LogP contribution in [0.5, 0.6) is 0 Å². The van der Waals surface area contributed by atoms with Gasteiger partial charge in [-0.15, -0.1) is 0 Å². The monoisotopic (exact) mass is 551 g/mol. The molecule has 1 atom stereocenters. The Morgan fingerprint density at radius 3 is 2.23 bits per heavy atom. The molecule has 0 aliphatic heterocycles. The fraction of sp³-hybridized carbons (Fsp3) is 0.630. The maximum absolute atomic E-state index is 12.8. The van der Waals surface area contributed by atoms with E-state index in [0.29, 0.717) is 13.2 Å². The summed E-state index contributed by atoms with van der Waals surface area (Å²) in [6.45, 7) is 21.2. The average molecular weight is 553 g/mol. The van der Waals surface area contributed by atoms with Crippen molar-refractivity contribution in [1.29, 1.82) is 0 Å². The van der Waals surface area contributed by atoms with Crippen LogP contribution in [-0.2, 0) is 29.2 Å². The van der Waals surface area contributed by atoms with Crippen molar-refractivity contribution in [3.8, 4) is 0 Å². The van der Waals surface area contributed by atoms with E-state index in [9.17, 15) is 4.79 Å². The highest BCUT2D eigenvalue weighted by molar-refractivity contribution is 9.10. The zero-order valence-corrected chi connectivity index (χ0v) is 24.3. The Hall–Kier alpha value is -1.90. The number of hydrogen-bond acceptors (Lipinski definition) is 4. The highest BCUT2D eigenvalue weighted by Crippen LogP contribution is 2.23. The van der Waals surface area contributed by atoms with Crippen molar-refractivity contribution in [1.82, 2.24) is 15.1 Å². The first kappa shape index (κ1) is 29.3. The summed E-state index contributed by atoms with van der Waals surface area (Å²) in [6.07, 6.45) is -0.465. The van der Waals surface area contributed by atoms with E-state index in [0.717, 1.165) is 46.5 Å². The lowest BCUT2D eigenvalue weighted by atomic mass is 9.98. The van der Waals surface area contributed by atoms with E-state index < -0.39 is 17.3 Å². The number of hydrogen-bond donors (Lipinski definition) is 1. The highest BCUT2D eigenvalue weighted by Gasteiger charge is 2.35. The summed E-state index contributed by atoms with van der Waals surface area (Å²) in [4.78, 5) is 12.8. The normalized spacial score (nSPS) is 13.5. The molecule has 0 saturated heterocycles. The van der Waals surface area contributed by atoms with Crippen LogP contribution in [0.25, 0.3) is 0 Å². The van der Waals surface area contributed by atoms with Gasteiger partial charge in [0.15, 0.2) is 0 Å². The molecule has 0 aliphatic rings. The number of carbonyl (C=O) groups is 1. The van der Waals surface area contributed by atoms with Gasteiger partial charge in [0.05, 0.1) is 50.1 Å². The van der Waals surface area contributed by atoms with Crippen molar-refractivity contribution in [3.63, 3.8) is 0 Å². The Morgan fingerprint density at radius 1 is 1.09 bits per heavy atom. The Balaban J connectivity index is 2.32. The summed E-state index contributed by atoms with van der Waals surface area (Å²) in [6, 6.07) is 11.7. The van der Waals surface area contributed by atoms with Crippen molar-refractivity contribution in [2.45, 2.75) is 92.3 Å². The van der Waals surface area contributed by atoms with Gasteiger partial charge in [-0.1, -0.05) is 30.3 Å². The van der Waals surface area contributed by atoms with Crippen molar-refractivity contribution >= 4 is 22.0 Å². The fourth-order valence-electron chi connectivity index (χ4n) is 4.06. The van der Waals surface area contributed by atoms with E-state index in [4.69, 9.17) is 14.6 Å². The fourth-order valence-corrected chi connectivity index (χ4v) is 4.52. The van der Waals surface area contributed by atoms with Gasteiger partial charge >= 0.3 is 6.09 Å². The molecule has 0 spiro atoms. The average Bonchev–Trinajstić information content (AvgIpc) is 3.13. The lowest BCUT2D eigenvalue weighted by Crippen LogP contribution is -2.54. The van der Waals surface area contributed by atoms with Crippen molar-refractivity contribution < 1.29 is 18.8 Å². The molecule has 196 valence electrons. The molecule has 1 aromatic carbocycles. The van der Waals surface area contributed by atoms with Gasteiger partial charge in [-0.25, -0.2) is 4.79 Å². The zero-order valence-electron chi connectivity index (χ0n) is 22.7. The summed E-state index contributed by atoms with van der Waals surface area (Å²) in [5.74, 6) is 0. The molecule has 0 fully saturated rings. The van der Waals surface area contributed by atoms with Crippen molar-refractivity contribution in [2.75, 3.05) is 19.6 Å². The third-order valence-corrected chi connectivity index (χ3v) is 7.07. The molecule has 1 unspecified atom stereocenters. The third kappa shape index (κ3) is 8.92. The van der Waals surface area contributed by atoms with Gasteiger partial charge in [0.1, 0.15) is 16.7 Å². The molecule has 2 aromatic rings. The quantitative estimate of drug-likeness (QED) is 0.333. The Bertz CT molecular complexity index is 925. The summed E-state index contributed by atoms with van der Waals surface area (Å²) in [5, 5.41) is 7.80. The van der Waals surface area contributed by atoms with Crippen LogP contribution in [0.3, 0.4) is 0 Å². The van der Waals surface area contributed by atoms with Crippen LogP contribution in [0.2, 0.25) is 0 Å². The van der Waals surface area contributed by atoms with E-state index in [2.05, 4.69) is 48.1 Å². The summed E-state index contributed by atoms with van der Waals surface area (Å²) in [7, 11) is 0. The van der Waals surface area contributed by atoms with Crippen LogP contribution >= 0.6 is 15.9 Å². The molecule has 2 rings (SSSR count). The number of nitrogens with one attached hydrogen (secondary N) is 1. The molecule has 0 radical (unpaired) electrons. The molecule has 0 bridgehead atoms. The van der Waals surface area contributed by atoms with E-state index in [-0.39, 0.29) is 6.04 Å². The van der Waals surface area contributed by atoms with Crippen LogP contribution in [0, 0.1) is 0 Å². The zero-order chi connectivity index (χ0) is 26.3. The Morgan fingerprint density at radius 2 is 1.69 bits per heavy atom. The molecule has 1 heterocycles. The lowest BCUT2D eigenvalue weighted by molar-refractivity contribution is -0.936. The second-order valence-corrected chi connectivity index (χ2v) is 11.5. The smallest absolute Gasteiger partial charge is 0.408 e. The largest absolute Gasteiger partial charge is 0.444 e. The second kappa shape index (κ2) is 12.4. The number of benzene rings is 1. The minimum Gasteiger partial charge on any atom is -0.444 e. The van der Waals surface area contributed by atoms with Crippen molar-refractivity contribution in [3.05, 3.63) is 52.3 Å². The number of amides is 1. The van der Waals surface area contributed by atoms with E-state index in [1.165, 1.54) is 0 Å². The van der Waals surface area contributed by atoms with Gasteiger partial charge in [-0.3, -0.25) is 4.68 Å². The van der Waals surface area contributed by atoms with E-state index in [1.807, 2.05) is 69.6 Å². The summed E-state index contributed by atoms with van der Waals surface area (Å²) >= 11 is 3.57. The number of rotatable bonds is 12. The van der Waals surface area contributed by atoms with Crippen LogP contribution in [0.15, 0.2) is 41.0 Å². The molecule has 0 aliphatic carbocycles. The summed E-state index contributed by atoms with van der Waals surface area (Å²) < 4.78 is 15.7. The van der Waals surface area contributed by atoms with Crippen LogP contribution < -0.4 is 5.32 Å². The summed E-state index contributed by atoms with van der Waals surface area (Å²) in [5.41, 5.74) is 0.922. The predicted molar refractivity (Wildman–Crippen MR) is 144 cm³/mol. The highest BCUT2D eigenvalue weighted by atomic mass is 79.9. The van der Waals surface area contributed by atoms with Gasteiger partial charge in [0.25, 0.3) is 0 Å². The van der Waals surface area contributed by atoms with E-state index >= 15 is 0 Å². The first-order chi connectivity index (χ1) is 16.3. The molecular formula is C27H44BrN4O3+. The first-order valence-corrected chi connectivity index (χ1v) is 13.4. The van der Waals surface area contributed by atoms with Crippen LogP contribution in [0.4, 0.5) is 4.79 Å². The molecule has 35 heavy (non-hydrogen) atoms. The standard InChI is InChI=1S/C27H43BrN4O3/c1-9-32(10-2,11-3)19-22-17-24(28)30-31(22)18-23(29-25(33)35-26(4,5)6)27(7,8)34-20-21-15-13-12-14-16-21/h12-17,23H,9-11,18-20H2,1-8H3/p+1. The number of aromatic nitrogens is 2. The second-order valence-electron chi connectivity index (χ2n) is 10.7. The number of halogens is 1. The molecule has 7 nitrogen and oxygen atoms in total. The number of ether oxygens (including phenoxy) is 2. The number of carbonyl (C=O) groups excluding carboxylic acids is 1. The first-order valence-electron chi connectivity index (χ1n) is 12.6. The van der Waals surface area contributed by atoms with Crippen LogP contribution in [-0.4, -0.2) is 57.2 Å². The topological polar surface area (TPSA) is 65.4 Å². The molecular weight excluding hydrogens is 508 g/mol. The lowest BCUT2D eigenvalue weighted by Gasteiger charge is -2.37. The van der Waals surface area contributed by atoms with Gasteiger partial charge in [-0.05, 0) is 82.9 Å². The van der Waals surface area contributed by atoms with Crippen LogP contribution in [0.1, 0.15) is 66.6 Å². The third-order valence-electron chi connectivity index (χ3n) is 6.68. The minimum atomic E-state index is -0.686. The van der Waals surface area contributed by atoms with Gasteiger partial charge in [-0.2, -0.15) is 5.10 Å². The van der Waals surface area contributed by atoms with Gasteiger partial charge in [0.2, 0.25) is 0 Å². The SMILES string of the molecule is CC[N+](CC)(CC)Cc1cc(Br)nn1CC(NC(=O)OC(C)(C)C)C(C)(C)OCc1ccccc1. The Kier molecular flexibility index (Phi) is 10.4. The maximum atomic E-state index is 12.8. The predicted octanol–water partition coefficient (Wildman–Crippen LogP) is 5.91. The van der Waals surface area contributed by atoms with Gasteiger partial charge < -0.3 is 19.3 Å². The number of nitrogens with zero attached hydrogens (tertiary/aromatic N) is 3. The molecule has 0 saturated carbocycles.